The summed E-state index contributed by atoms with van der Waals surface area (Å²) in [6.07, 6.45) is 12.3. The number of rotatable bonds is 11. The number of carbonyl (C=O) groups is 2. The van der Waals surface area contributed by atoms with E-state index in [-0.39, 0.29) is 28.8 Å². The minimum Gasteiger partial charge on any atom is -0.493 e. The summed E-state index contributed by atoms with van der Waals surface area (Å²) in [7, 11) is 9.54. The van der Waals surface area contributed by atoms with Gasteiger partial charge in [0, 0.05) is 23.2 Å². The van der Waals surface area contributed by atoms with Crippen molar-refractivity contribution in [2.75, 3.05) is 55.2 Å². The third kappa shape index (κ3) is 11.4. The molecule has 4 N–H and O–H groups in total. The molecule has 4 aromatic rings. The maximum atomic E-state index is 12.9. The molecule has 6 rings (SSSR count). The van der Waals surface area contributed by atoms with Gasteiger partial charge < -0.3 is 44.6 Å². The molecule has 2 aliphatic carbocycles. The van der Waals surface area contributed by atoms with Crippen LogP contribution in [0, 0.1) is 0 Å². The van der Waals surface area contributed by atoms with Gasteiger partial charge in [0.25, 0.3) is 0 Å². The molecule has 0 saturated carbocycles. The van der Waals surface area contributed by atoms with Gasteiger partial charge in [0.1, 0.15) is 0 Å². The highest BCUT2D eigenvalue weighted by atomic mass is 32.2. The molecule has 0 heterocycles. The number of methoxy groups -OCH3 is 6. The van der Waals surface area contributed by atoms with Crippen molar-refractivity contribution in [3.8, 4) is 56.8 Å². The van der Waals surface area contributed by atoms with Gasteiger partial charge in [0.2, 0.25) is 17.4 Å². The summed E-state index contributed by atoms with van der Waals surface area (Å²) in [5.41, 5.74) is 13.5. The first-order valence-corrected chi connectivity index (χ1v) is 22.4. The van der Waals surface area contributed by atoms with Gasteiger partial charge in [-0.25, -0.2) is 4.79 Å². The molecule has 336 valence electrons. The fourth-order valence-electron chi connectivity index (χ4n) is 7.63. The third-order valence-electron chi connectivity index (χ3n) is 10.4. The predicted molar refractivity (Wildman–Crippen MR) is 251 cm³/mol. The van der Waals surface area contributed by atoms with Gasteiger partial charge in [0.15, 0.2) is 33.9 Å². The second kappa shape index (κ2) is 23.5. The van der Waals surface area contributed by atoms with Crippen LogP contribution in [0.4, 0.5) is 0 Å². The van der Waals surface area contributed by atoms with E-state index in [1.165, 1.54) is 35.7 Å². The Labute approximate surface area is 377 Å². The predicted octanol–water partition coefficient (Wildman–Crippen LogP) is 8.20. The Morgan fingerprint density at radius 2 is 1.10 bits per heavy atom. The van der Waals surface area contributed by atoms with E-state index in [0.29, 0.717) is 57.1 Å². The zero-order valence-corrected chi connectivity index (χ0v) is 39.0. The van der Waals surface area contributed by atoms with Crippen molar-refractivity contribution in [1.82, 2.24) is 5.32 Å². The van der Waals surface area contributed by atoms with Crippen LogP contribution in [-0.4, -0.2) is 72.2 Å². The van der Waals surface area contributed by atoms with E-state index in [0.717, 1.165) is 63.4 Å². The lowest BCUT2D eigenvalue weighted by Gasteiger charge is -2.19. The lowest BCUT2D eigenvalue weighted by Crippen LogP contribution is -2.27. The molecule has 63 heavy (non-hydrogen) atoms. The van der Waals surface area contributed by atoms with Crippen LogP contribution in [0.15, 0.2) is 92.2 Å². The van der Waals surface area contributed by atoms with Gasteiger partial charge in [-0.15, -0.1) is 23.5 Å². The summed E-state index contributed by atoms with van der Waals surface area (Å²) in [4.78, 5) is 48.6. The highest BCUT2D eigenvalue weighted by Gasteiger charge is 2.30. The number of fused-ring (bicyclic) bond motifs is 6. The summed E-state index contributed by atoms with van der Waals surface area (Å²) in [6, 6.07) is 14.2. The fourth-order valence-corrected chi connectivity index (χ4v) is 8.56. The number of aryl methyl sites for hydroxylation is 2. The van der Waals surface area contributed by atoms with Gasteiger partial charge in [-0.2, -0.15) is 0 Å². The van der Waals surface area contributed by atoms with Gasteiger partial charge in [-0.05, 0) is 128 Å². The zero-order valence-electron chi connectivity index (χ0n) is 37.3. The molecule has 13 nitrogen and oxygen atoms in total. The van der Waals surface area contributed by atoms with E-state index < -0.39 is 5.97 Å². The van der Waals surface area contributed by atoms with Gasteiger partial charge >= 0.3 is 5.97 Å². The van der Waals surface area contributed by atoms with Gasteiger partial charge in [-0.3, -0.25) is 14.4 Å². The van der Waals surface area contributed by atoms with Crippen molar-refractivity contribution in [3.63, 3.8) is 0 Å². The summed E-state index contributed by atoms with van der Waals surface area (Å²) in [5.74, 6) is 2.28. The number of hydrogen-bond donors (Lipinski definition) is 3. The van der Waals surface area contributed by atoms with Crippen molar-refractivity contribution >= 4 is 35.4 Å². The van der Waals surface area contributed by atoms with Crippen LogP contribution in [0.2, 0.25) is 0 Å². The van der Waals surface area contributed by atoms with E-state index >= 15 is 0 Å². The van der Waals surface area contributed by atoms with E-state index in [1.54, 1.807) is 74.7 Å². The summed E-state index contributed by atoms with van der Waals surface area (Å²) in [6.45, 7) is 3.45. The Kier molecular flexibility index (Phi) is 18.6. The van der Waals surface area contributed by atoms with E-state index in [4.69, 9.17) is 39.3 Å². The van der Waals surface area contributed by atoms with Crippen LogP contribution in [0.3, 0.4) is 0 Å². The van der Waals surface area contributed by atoms with Crippen LogP contribution < -0.4 is 50.3 Å². The maximum absolute atomic E-state index is 12.9. The Balaban J connectivity index is 0.000000248. The van der Waals surface area contributed by atoms with Crippen molar-refractivity contribution in [2.45, 2.75) is 61.4 Å². The molecule has 0 spiro atoms. The lowest BCUT2D eigenvalue weighted by atomic mass is 9.95. The topological polar surface area (TPSA) is 182 Å². The standard InChI is InChI=1S/C24H27NO5S.C20H23NO4S.C4H6O2/c1-6-7-21(27)25-17-10-8-14-12-19(28-2)23(29-3)24(30-4)22(14)15-9-11-20(31-5)18(26)13-16(15)17;1-23-16-9-11-5-7-14(21)13-10-15(22)17(26-4)8-6-12(13)18(11)20(25-3)19(16)24-2;1-2-3-4(5)6/h6-7,9,11-13,17H,8,10H2,1-5H3,(H,25,27);6,8-10,14H,5,7,21H2,1-4H3;2-3H,1H3,(H,5,6)/b7-6+;;3-2+/t17-;14-;/m00./s1. The van der Waals surface area contributed by atoms with Crippen LogP contribution >= 0.6 is 23.5 Å². The number of ether oxygens (including phenoxy) is 6. The van der Waals surface area contributed by atoms with E-state index in [1.807, 2.05) is 48.9 Å². The second-order valence-electron chi connectivity index (χ2n) is 14.0. The Morgan fingerprint density at radius 3 is 1.49 bits per heavy atom. The molecule has 0 aromatic heterocycles. The lowest BCUT2D eigenvalue weighted by molar-refractivity contribution is -0.131. The number of aliphatic carboxylic acids is 1. The number of carboxylic acids is 1. The molecule has 0 fully saturated rings. The van der Waals surface area contributed by atoms with Crippen LogP contribution in [-0.2, 0) is 22.4 Å². The van der Waals surface area contributed by atoms with Crippen molar-refractivity contribution in [2.24, 2.45) is 5.73 Å². The highest BCUT2D eigenvalue weighted by molar-refractivity contribution is 7.98. The second-order valence-corrected chi connectivity index (χ2v) is 15.7. The minimum atomic E-state index is -0.891. The van der Waals surface area contributed by atoms with Crippen molar-refractivity contribution in [3.05, 3.63) is 116 Å². The van der Waals surface area contributed by atoms with Gasteiger partial charge in [0.05, 0.1) is 58.5 Å². The van der Waals surface area contributed by atoms with E-state index in [2.05, 4.69) is 5.32 Å². The molecule has 2 aliphatic rings. The quantitative estimate of drug-likeness (QED) is 0.0968. The fraction of sp³-hybridized carbons (Fsp3) is 0.333. The van der Waals surface area contributed by atoms with Crippen LogP contribution in [0.25, 0.3) is 22.3 Å². The molecule has 0 unspecified atom stereocenters. The average Bonchev–Trinajstić information content (AvgIpc) is 3.67. The number of thioether (sulfide) groups is 2. The number of carbonyl (C=O) groups excluding carboxylic acids is 1. The SMILES string of the molecule is C/C=C/C(=O)N[C@H]1CCc2cc(OC)c(OC)c(OC)c2-c2ccc(SC)c(=O)cc21.C/C=C/C(=O)O.COc1cc2c(c(OC)c1OC)-c1ccc(SC)c(=O)cc1[C@@H](N)CC2. The summed E-state index contributed by atoms with van der Waals surface area (Å²) in [5, 5.41) is 10.9. The first-order valence-electron chi connectivity index (χ1n) is 19.9. The molecule has 4 aromatic carbocycles. The normalized spacial score (nSPS) is 14.7. The van der Waals surface area contributed by atoms with Crippen molar-refractivity contribution in [1.29, 1.82) is 0 Å². The average molecular weight is 901 g/mol. The minimum absolute atomic E-state index is 0.0166. The number of nitrogens with one attached hydrogen (secondary N) is 1. The van der Waals surface area contributed by atoms with Crippen molar-refractivity contribution < 1.29 is 43.1 Å². The number of nitrogens with two attached hydrogens (primary N) is 1. The Morgan fingerprint density at radius 1 is 0.651 bits per heavy atom. The zero-order chi connectivity index (χ0) is 46.4. The Hall–Kier alpha value is -5.90. The monoisotopic (exact) mass is 900 g/mol. The largest absolute Gasteiger partial charge is 0.493 e. The molecule has 0 bridgehead atoms. The van der Waals surface area contributed by atoms with Gasteiger partial charge in [-0.1, -0.05) is 24.3 Å². The Bertz CT molecular complexity index is 2490. The molecule has 0 saturated heterocycles. The number of hydrogen-bond acceptors (Lipinski definition) is 13. The summed E-state index contributed by atoms with van der Waals surface area (Å²) < 4.78 is 33.7. The first kappa shape index (κ1) is 49.8. The maximum Gasteiger partial charge on any atom is 0.327 e. The molecule has 0 radical (unpaired) electrons. The third-order valence-corrected chi connectivity index (χ3v) is 12.0. The molecule has 1 amide bonds. The molecule has 0 aliphatic heterocycles. The number of amides is 1. The molecular formula is C48H56N2O11S2. The number of allylic oxidation sites excluding steroid dienone is 2. The molecule has 15 heteroatoms. The van der Waals surface area contributed by atoms with Crippen LogP contribution in [0.5, 0.6) is 34.5 Å². The number of carboxylic acid groups (broad SMARTS) is 1. The summed E-state index contributed by atoms with van der Waals surface area (Å²) >= 11 is 2.82. The molecule has 2 atom stereocenters. The molecular weight excluding hydrogens is 845 g/mol. The first-order chi connectivity index (χ1) is 30.3. The number of benzene rings is 2. The van der Waals surface area contributed by atoms with E-state index in [9.17, 15) is 19.2 Å². The van der Waals surface area contributed by atoms with Crippen LogP contribution in [0.1, 0.15) is 61.0 Å². The highest BCUT2D eigenvalue weighted by Crippen LogP contribution is 2.51. The smallest absolute Gasteiger partial charge is 0.327 e.